The van der Waals surface area contributed by atoms with Crippen molar-refractivity contribution < 1.29 is 19.0 Å². The molecule has 0 fully saturated rings. The van der Waals surface area contributed by atoms with Crippen molar-refractivity contribution in [2.75, 3.05) is 13.7 Å². The van der Waals surface area contributed by atoms with Gasteiger partial charge in [-0.15, -0.1) is 0 Å². The second-order valence-corrected chi connectivity index (χ2v) is 7.71. The number of halogens is 1. The maximum Gasteiger partial charge on any atom is 0.280 e. The normalized spacial score (nSPS) is 11.8. The lowest BCUT2D eigenvalue weighted by molar-refractivity contribution is -0.127. The van der Waals surface area contributed by atoms with Crippen molar-refractivity contribution in [1.82, 2.24) is 5.43 Å². The lowest BCUT2D eigenvalue weighted by atomic mass is 10.1. The molecule has 1 amide bonds. The van der Waals surface area contributed by atoms with Crippen LogP contribution in [0.3, 0.4) is 0 Å². The number of methoxy groups -OCH3 is 1. The summed E-state index contributed by atoms with van der Waals surface area (Å²) in [5.41, 5.74) is 5.44. The van der Waals surface area contributed by atoms with E-state index in [1.165, 1.54) is 6.21 Å². The zero-order chi connectivity index (χ0) is 22.9. The summed E-state index contributed by atoms with van der Waals surface area (Å²) in [7, 11) is 1.57. The van der Waals surface area contributed by atoms with Gasteiger partial charge in [0.1, 0.15) is 5.75 Å². The van der Waals surface area contributed by atoms with Crippen LogP contribution in [0, 0.1) is 0 Å². The smallest absolute Gasteiger partial charge is 0.280 e. The Morgan fingerprint density at radius 2 is 1.78 bits per heavy atom. The van der Waals surface area contributed by atoms with Crippen LogP contribution in [0.25, 0.3) is 11.1 Å². The van der Waals surface area contributed by atoms with Crippen molar-refractivity contribution >= 4 is 28.1 Å². The van der Waals surface area contributed by atoms with Gasteiger partial charge in [0, 0.05) is 0 Å². The molecule has 0 aromatic heterocycles. The number of hydrazone groups is 1. The van der Waals surface area contributed by atoms with Gasteiger partial charge in [0.2, 0.25) is 0 Å². The molecule has 3 aromatic rings. The largest absolute Gasteiger partial charge is 0.493 e. The van der Waals surface area contributed by atoms with Crippen molar-refractivity contribution in [1.29, 1.82) is 0 Å². The molecule has 0 spiro atoms. The van der Waals surface area contributed by atoms with Gasteiger partial charge in [0.05, 0.1) is 24.4 Å². The monoisotopic (exact) mass is 496 g/mol. The molecule has 7 heteroatoms. The molecule has 1 atom stereocenters. The fourth-order valence-corrected chi connectivity index (χ4v) is 3.55. The van der Waals surface area contributed by atoms with E-state index >= 15 is 0 Å². The number of nitrogens with one attached hydrogen (secondary N) is 1. The van der Waals surface area contributed by atoms with Gasteiger partial charge in [-0.05, 0) is 70.7 Å². The van der Waals surface area contributed by atoms with Crippen molar-refractivity contribution in [2.24, 2.45) is 5.10 Å². The summed E-state index contributed by atoms with van der Waals surface area (Å²) < 4.78 is 17.4. The minimum Gasteiger partial charge on any atom is -0.493 e. The highest BCUT2D eigenvalue weighted by atomic mass is 79.9. The second kappa shape index (κ2) is 11.3. The van der Waals surface area contributed by atoms with Crippen LogP contribution in [0.2, 0.25) is 0 Å². The maximum absolute atomic E-state index is 12.4. The van der Waals surface area contributed by atoms with E-state index in [0.29, 0.717) is 23.9 Å². The van der Waals surface area contributed by atoms with Gasteiger partial charge in [-0.25, -0.2) is 5.43 Å². The Morgan fingerprint density at radius 1 is 1.09 bits per heavy atom. The van der Waals surface area contributed by atoms with Crippen molar-refractivity contribution in [3.05, 3.63) is 76.8 Å². The summed E-state index contributed by atoms with van der Waals surface area (Å²) in [4.78, 5) is 12.4. The number of hydrogen-bond donors (Lipinski definition) is 1. The van der Waals surface area contributed by atoms with E-state index in [1.807, 2.05) is 67.6 Å². The SMILES string of the molecule is CCOc1c(Br)cc(C=NNC(=O)C(C)Oc2ccc(-c3ccccc3)cc2)cc1OC. The Morgan fingerprint density at radius 3 is 2.44 bits per heavy atom. The predicted octanol–water partition coefficient (Wildman–Crippen LogP) is 5.44. The number of carbonyl (C=O) groups is 1. The van der Waals surface area contributed by atoms with E-state index in [4.69, 9.17) is 14.2 Å². The van der Waals surface area contributed by atoms with Gasteiger partial charge in [-0.2, -0.15) is 5.10 Å². The van der Waals surface area contributed by atoms with Gasteiger partial charge in [-0.1, -0.05) is 42.5 Å². The van der Waals surface area contributed by atoms with E-state index in [9.17, 15) is 4.79 Å². The first-order valence-corrected chi connectivity index (χ1v) is 11.0. The number of benzene rings is 3. The van der Waals surface area contributed by atoms with Crippen molar-refractivity contribution in [3.63, 3.8) is 0 Å². The number of hydrogen-bond acceptors (Lipinski definition) is 5. The third kappa shape index (κ3) is 6.11. The summed E-state index contributed by atoms with van der Waals surface area (Å²) in [6.07, 6.45) is 0.818. The molecule has 3 rings (SSSR count). The quantitative estimate of drug-likeness (QED) is 0.316. The molecule has 0 bridgehead atoms. The number of nitrogens with zero attached hydrogens (tertiary/aromatic N) is 1. The first-order chi connectivity index (χ1) is 15.5. The number of ether oxygens (including phenoxy) is 3. The summed E-state index contributed by atoms with van der Waals surface area (Å²) in [6.45, 7) is 4.09. The molecule has 0 aliphatic heterocycles. The topological polar surface area (TPSA) is 69.2 Å². The average molecular weight is 497 g/mol. The highest BCUT2D eigenvalue weighted by Gasteiger charge is 2.14. The van der Waals surface area contributed by atoms with Crippen LogP contribution in [-0.2, 0) is 4.79 Å². The Kier molecular flexibility index (Phi) is 8.27. The predicted molar refractivity (Wildman–Crippen MR) is 130 cm³/mol. The van der Waals surface area contributed by atoms with Crippen LogP contribution < -0.4 is 19.6 Å². The summed E-state index contributed by atoms with van der Waals surface area (Å²) in [5, 5.41) is 4.03. The van der Waals surface area contributed by atoms with Gasteiger partial charge in [0.15, 0.2) is 17.6 Å². The molecule has 0 saturated carbocycles. The molecule has 1 unspecified atom stereocenters. The van der Waals surface area contributed by atoms with Crippen LogP contribution in [0.1, 0.15) is 19.4 Å². The average Bonchev–Trinajstić information content (AvgIpc) is 2.81. The molecular weight excluding hydrogens is 472 g/mol. The molecule has 1 N–H and O–H groups in total. The van der Waals surface area contributed by atoms with E-state index in [-0.39, 0.29) is 5.91 Å². The van der Waals surface area contributed by atoms with Gasteiger partial charge in [-0.3, -0.25) is 4.79 Å². The van der Waals surface area contributed by atoms with E-state index in [0.717, 1.165) is 21.2 Å². The summed E-state index contributed by atoms with van der Waals surface area (Å²) in [5.74, 6) is 1.45. The van der Waals surface area contributed by atoms with E-state index in [1.54, 1.807) is 20.1 Å². The minimum atomic E-state index is -0.712. The van der Waals surface area contributed by atoms with Crippen LogP contribution in [-0.4, -0.2) is 31.9 Å². The van der Waals surface area contributed by atoms with E-state index in [2.05, 4.69) is 26.5 Å². The molecule has 0 heterocycles. The molecule has 32 heavy (non-hydrogen) atoms. The molecule has 3 aromatic carbocycles. The van der Waals surface area contributed by atoms with Crippen LogP contribution in [0.5, 0.6) is 17.2 Å². The zero-order valence-corrected chi connectivity index (χ0v) is 19.8. The lowest BCUT2D eigenvalue weighted by Gasteiger charge is -2.13. The number of rotatable bonds is 9. The fraction of sp³-hybridized carbons (Fsp3) is 0.200. The number of carbonyl (C=O) groups excluding carboxylic acids is 1. The van der Waals surface area contributed by atoms with Gasteiger partial charge >= 0.3 is 0 Å². The van der Waals surface area contributed by atoms with Gasteiger partial charge < -0.3 is 14.2 Å². The first kappa shape index (κ1) is 23.3. The van der Waals surface area contributed by atoms with Gasteiger partial charge in [0.25, 0.3) is 5.91 Å². The molecule has 0 aliphatic rings. The van der Waals surface area contributed by atoms with Crippen LogP contribution in [0.15, 0.2) is 76.3 Å². The zero-order valence-electron chi connectivity index (χ0n) is 18.2. The van der Waals surface area contributed by atoms with Crippen LogP contribution in [0.4, 0.5) is 0 Å². The van der Waals surface area contributed by atoms with Crippen molar-refractivity contribution in [2.45, 2.75) is 20.0 Å². The minimum absolute atomic E-state index is 0.356. The maximum atomic E-state index is 12.4. The molecule has 0 saturated heterocycles. The summed E-state index contributed by atoms with van der Waals surface area (Å²) >= 11 is 3.47. The van der Waals surface area contributed by atoms with Crippen LogP contribution >= 0.6 is 15.9 Å². The Labute approximate surface area is 196 Å². The Hall–Kier alpha value is -3.32. The number of amides is 1. The second-order valence-electron chi connectivity index (χ2n) is 6.85. The highest BCUT2D eigenvalue weighted by molar-refractivity contribution is 9.10. The standard InChI is InChI=1S/C25H25BrN2O4/c1-4-31-24-22(26)14-18(15-23(24)30-3)16-27-28-25(29)17(2)32-21-12-10-20(11-13-21)19-8-6-5-7-9-19/h5-17H,4H2,1-3H3,(H,28,29). The Bertz CT molecular complexity index is 1070. The third-order valence-corrected chi connectivity index (χ3v) is 5.16. The summed E-state index contributed by atoms with van der Waals surface area (Å²) in [6, 6.07) is 21.3. The molecular formula is C25H25BrN2O4. The first-order valence-electron chi connectivity index (χ1n) is 10.2. The molecule has 6 nitrogen and oxygen atoms in total. The lowest BCUT2D eigenvalue weighted by Crippen LogP contribution is -2.33. The molecule has 166 valence electrons. The van der Waals surface area contributed by atoms with Crippen molar-refractivity contribution in [3.8, 4) is 28.4 Å². The fourth-order valence-electron chi connectivity index (χ4n) is 2.97. The molecule has 0 aliphatic carbocycles. The highest BCUT2D eigenvalue weighted by Crippen LogP contribution is 2.36. The van der Waals surface area contributed by atoms with E-state index < -0.39 is 6.10 Å². The third-order valence-electron chi connectivity index (χ3n) is 4.57. The Balaban J connectivity index is 1.58. The molecule has 0 radical (unpaired) electrons.